The maximum absolute atomic E-state index is 8.70. The Morgan fingerprint density at radius 1 is 1.67 bits per heavy atom. The predicted molar refractivity (Wildman–Crippen MR) is 72.0 cm³/mol. The highest BCUT2D eigenvalue weighted by Gasteiger charge is 2.24. The molecule has 0 fully saturated rings. The summed E-state index contributed by atoms with van der Waals surface area (Å²) in [6.45, 7) is 6.25. The van der Waals surface area contributed by atoms with Gasteiger partial charge in [-0.1, -0.05) is 18.2 Å². The number of hydrogen-bond acceptors (Lipinski definition) is 2. The molecule has 3 heteroatoms. The molecule has 2 heterocycles. The summed E-state index contributed by atoms with van der Waals surface area (Å²) >= 11 is 0. The van der Waals surface area contributed by atoms with Crippen LogP contribution in [0.1, 0.15) is 37.8 Å². The fourth-order valence-electron chi connectivity index (χ4n) is 2.38. The standard InChI is InChI=1S/C15H19N3/c1-11(9-16)6-4-5-7-14-8-15-17-10-12(2)18(15)13(14)3/h4-5,7,10-11,13H,6,8H2,1-3H3. The van der Waals surface area contributed by atoms with Crippen LogP contribution in [0.3, 0.4) is 0 Å². The Morgan fingerprint density at radius 3 is 3.11 bits per heavy atom. The van der Waals surface area contributed by atoms with Crippen LogP contribution in [0.5, 0.6) is 0 Å². The summed E-state index contributed by atoms with van der Waals surface area (Å²) in [6.07, 6.45) is 10.0. The topological polar surface area (TPSA) is 41.6 Å². The monoisotopic (exact) mass is 241 g/mol. The highest BCUT2D eigenvalue weighted by Crippen LogP contribution is 2.31. The van der Waals surface area contributed by atoms with Gasteiger partial charge in [0.05, 0.1) is 12.1 Å². The van der Waals surface area contributed by atoms with Crippen molar-refractivity contribution in [3.63, 3.8) is 0 Å². The van der Waals surface area contributed by atoms with Crippen LogP contribution in [-0.2, 0) is 6.42 Å². The lowest BCUT2D eigenvalue weighted by Gasteiger charge is -2.09. The molecule has 0 N–H and O–H groups in total. The zero-order valence-electron chi connectivity index (χ0n) is 11.2. The largest absolute Gasteiger partial charge is 0.325 e. The van der Waals surface area contributed by atoms with E-state index in [1.165, 1.54) is 11.3 Å². The third-order valence-electron chi connectivity index (χ3n) is 3.50. The molecule has 2 rings (SSSR count). The molecule has 1 aromatic rings. The maximum Gasteiger partial charge on any atom is 0.113 e. The van der Waals surface area contributed by atoms with E-state index in [1.54, 1.807) is 0 Å². The Morgan fingerprint density at radius 2 is 2.44 bits per heavy atom. The van der Waals surface area contributed by atoms with E-state index in [0.717, 1.165) is 18.7 Å². The minimum Gasteiger partial charge on any atom is -0.325 e. The van der Waals surface area contributed by atoms with E-state index in [4.69, 9.17) is 5.26 Å². The van der Waals surface area contributed by atoms with Gasteiger partial charge in [-0.05, 0) is 32.8 Å². The zero-order chi connectivity index (χ0) is 13.1. The van der Waals surface area contributed by atoms with Crippen LogP contribution in [0, 0.1) is 24.2 Å². The second kappa shape index (κ2) is 5.22. The van der Waals surface area contributed by atoms with Crippen molar-refractivity contribution in [2.75, 3.05) is 0 Å². The molecule has 0 radical (unpaired) electrons. The van der Waals surface area contributed by atoms with Gasteiger partial charge in [0.1, 0.15) is 5.82 Å². The van der Waals surface area contributed by atoms with E-state index in [1.807, 2.05) is 13.1 Å². The molecule has 0 saturated carbocycles. The smallest absolute Gasteiger partial charge is 0.113 e. The summed E-state index contributed by atoms with van der Waals surface area (Å²) < 4.78 is 2.29. The number of rotatable bonds is 3. The molecule has 0 saturated heterocycles. The van der Waals surface area contributed by atoms with Crippen LogP contribution < -0.4 is 0 Å². The third-order valence-corrected chi connectivity index (χ3v) is 3.50. The number of imidazole rings is 1. The van der Waals surface area contributed by atoms with Gasteiger partial charge in [-0.3, -0.25) is 0 Å². The number of hydrogen-bond donors (Lipinski definition) is 0. The van der Waals surface area contributed by atoms with Crippen molar-refractivity contribution < 1.29 is 0 Å². The number of nitrogens with zero attached hydrogens (tertiary/aromatic N) is 3. The summed E-state index contributed by atoms with van der Waals surface area (Å²) in [5.74, 6) is 1.25. The Kier molecular flexibility index (Phi) is 3.66. The first-order valence-corrected chi connectivity index (χ1v) is 6.41. The molecule has 0 aliphatic carbocycles. The fraction of sp³-hybridized carbons (Fsp3) is 0.467. The van der Waals surface area contributed by atoms with Gasteiger partial charge < -0.3 is 4.57 Å². The molecule has 0 amide bonds. The van der Waals surface area contributed by atoms with Crippen LogP contribution in [0.15, 0.2) is 30.0 Å². The average molecular weight is 241 g/mol. The minimum absolute atomic E-state index is 0.0957. The molecule has 3 nitrogen and oxygen atoms in total. The molecule has 0 bridgehead atoms. The van der Waals surface area contributed by atoms with Crippen molar-refractivity contribution in [1.29, 1.82) is 5.26 Å². The van der Waals surface area contributed by atoms with Gasteiger partial charge in [-0.2, -0.15) is 5.26 Å². The highest BCUT2D eigenvalue weighted by molar-refractivity contribution is 5.29. The molecule has 18 heavy (non-hydrogen) atoms. The Hall–Kier alpha value is -1.82. The molecule has 2 atom stereocenters. The van der Waals surface area contributed by atoms with Crippen molar-refractivity contribution in [2.24, 2.45) is 5.92 Å². The first kappa shape index (κ1) is 12.6. The number of aryl methyl sites for hydroxylation is 1. The lowest BCUT2D eigenvalue weighted by atomic mass is 10.1. The van der Waals surface area contributed by atoms with Gasteiger partial charge in [0.25, 0.3) is 0 Å². The van der Waals surface area contributed by atoms with E-state index in [-0.39, 0.29) is 5.92 Å². The summed E-state index contributed by atoms with van der Waals surface area (Å²) in [5.41, 5.74) is 2.62. The molecule has 94 valence electrons. The van der Waals surface area contributed by atoms with E-state index < -0.39 is 0 Å². The van der Waals surface area contributed by atoms with Crippen molar-refractivity contribution in [1.82, 2.24) is 9.55 Å². The van der Waals surface area contributed by atoms with Crippen LogP contribution in [-0.4, -0.2) is 9.55 Å². The number of nitriles is 1. The van der Waals surface area contributed by atoms with Crippen molar-refractivity contribution in [3.8, 4) is 6.07 Å². The quantitative estimate of drug-likeness (QED) is 0.814. The Labute approximate surface area is 108 Å². The lowest BCUT2D eigenvalue weighted by molar-refractivity contribution is 0.648. The van der Waals surface area contributed by atoms with E-state index in [9.17, 15) is 0 Å². The lowest BCUT2D eigenvalue weighted by Crippen LogP contribution is -2.02. The molecule has 1 aromatic heterocycles. The average Bonchev–Trinajstić information content (AvgIpc) is 2.87. The van der Waals surface area contributed by atoms with E-state index >= 15 is 0 Å². The number of allylic oxidation sites excluding steroid dienone is 4. The first-order valence-electron chi connectivity index (χ1n) is 6.41. The molecule has 0 spiro atoms. The molecular weight excluding hydrogens is 222 g/mol. The second-order valence-corrected chi connectivity index (χ2v) is 4.97. The zero-order valence-corrected chi connectivity index (χ0v) is 11.2. The van der Waals surface area contributed by atoms with Crippen LogP contribution in [0.25, 0.3) is 0 Å². The van der Waals surface area contributed by atoms with Gasteiger partial charge in [0, 0.05) is 24.2 Å². The maximum atomic E-state index is 8.70. The minimum atomic E-state index is 0.0957. The molecule has 1 aliphatic rings. The van der Waals surface area contributed by atoms with E-state index in [0.29, 0.717) is 6.04 Å². The normalized spacial score (nSPS) is 22.3. The molecule has 2 unspecified atom stereocenters. The first-order chi connectivity index (χ1) is 8.63. The number of fused-ring (bicyclic) bond motifs is 1. The highest BCUT2D eigenvalue weighted by atomic mass is 15.1. The molecular formula is C15H19N3. The summed E-state index contributed by atoms with van der Waals surface area (Å²) in [6, 6.07) is 2.64. The second-order valence-electron chi connectivity index (χ2n) is 4.97. The van der Waals surface area contributed by atoms with Gasteiger partial charge >= 0.3 is 0 Å². The fourth-order valence-corrected chi connectivity index (χ4v) is 2.38. The summed E-state index contributed by atoms with van der Waals surface area (Å²) in [4.78, 5) is 4.42. The predicted octanol–water partition coefficient (Wildman–Crippen LogP) is 3.34. The van der Waals surface area contributed by atoms with Crippen molar-refractivity contribution in [3.05, 3.63) is 41.5 Å². The van der Waals surface area contributed by atoms with Crippen LogP contribution in [0.2, 0.25) is 0 Å². The molecule has 1 aliphatic heterocycles. The third kappa shape index (κ3) is 2.38. The van der Waals surface area contributed by atoms with Gasteiger partial charge in [0.15, 0.2) is 0 Å². The number of aromatic nitrogens is 2. The van der Waals surface area contributed by atoms with Crippen LogP contribution >= 0.6 is 0 Å². The van der Waals surface area contributed by atoms with Gasteiger partial charge in [-0.15, -0.1) is 0 Å². The van der Waals surface area contributed by atoms with E-state index in [2.05, 4.69) is 47.7 Å². The van der Waals surface area contributed by atoms with Gasteiger partial charge in [-0.25, -0.2) is 4.98 Å². The van der Waals surface area contributed by atoms with Gasteiger partial charge in [0.2, 0.25) is 0 Å². The Balaban J connectivity index is 2.03. The van der Waals surface area contributed by atoms with Crippen molar-refractivity contribution >= 4 is 0 Å². The summed E-state index contributed by atoms with van der Waals surface area (Å²) in [5, 5.41) is 8.70. The Bertz CT molecular complexity index is 528. The summed E-state index contributed by atoms with van der Waals surface area (Å²) in [7, 11) is 0. The van der Waals surface area contributed by atoms with Crippen molar-refractivity contribution in [2.45, 2.75) is 39.7 Å². The SMILES string of the molecule is Cc1cnc2n1C(C)C(=CC=CCC(C)C#N)C2. The molecule has 0 aromatic carbocycles. The van der Waals surface area contributed by atoms with Crippen LogP contribution in [0.4, 0.5) is 0 Å².